The Morgan fingerprint density at radius 3 is 2.91 bits per heavy atom. The van der Waals surface area contributed by atoms with Gasteiger partial charge in [-0.2, -0.15) is 0 Å². The highest BCUT2D eigenvalue weighted by molar-refractivity contribution is 5.67. The van der Waals surface area contributed by atoms with E-state index in [2.05, 4.69) is 54.0 Å². The monoisotopic (exact) mass is 311 g/mol. The van der Waals surface area contributed by atoms with Gasteiger partial charge in [-0.1, -0.05) is 25.7 Å². The molecule has 1 N–H and O–H groups in total. The lowest BCUT2D eigenvalue weighted by atomic mass is 10.1. The molecule has 0 saturated heterocycles. The highest BCUT2D eigenvalue weighted by Crippen LogP contribution is 2.27. The second kappa shape index (κ2) is 8.22. The Morgan fingerprint density at radius 1 is 1.43 bits per heavy atom. The van der Waals surface area contributed by atoms with Crippen LogP contribution in [0.5, 0.6) is 5.88 Å². The summed E-state index contributed by atoms with van der Waals surface area (Å²) in [6.45, 7) is 7.10. The first kappa shape index (κ1) is 16.9. The predicted molar refractivity (Wildman–Crippen MR) is 95.8 cm³/mol. The zero-order chi connectivity index (χ0) is 16.7. The van der Waals surface area contributed by atoms with Crippen LogP contribution in [0.1, 0.15) is 25.3 Å². The third-order valence-corrected chi connectivity index (χ3v) is 3.69. The minimum absolute atomic E-state index is 0.627. The molecule has 1 aromatic heterocycles. The number of ether oxygens (including phenoxy) is 1. The molecule has 0 amide bonds. The van der Waals surface area contributed by atoms with E-state index in [1.54, 1.807) is 7.11 Å². The molecule has 0 aromatic carbocycles. The zero-order valence-electron chi connectivity index (χ0n) is 14.2. The largest absolute Gasteiger partial charge is 0.481 e. The second-order valence-electron chi connectivity index (χ2n) is 5.39. The Balaban J connectivity index is 2.06. The lowest BCUT2D eigenvalue weighted by Gasteiger charge is -2.27. The number of hydrogen-bond acceptors (Lipinski definition) is 4. The van der Waals surface area contributed by atoms with E-state index in [0.29, 0.717) is 5.88 Å². The summed E-state index contributed by atoms with van der Waals surface area (Å²) in [4.78, 5) is 6.45. The molecule has 122 valence electrons. The van der Waals surface area contributed by atoms with Crippen molar-refractivity contribution < 1.29 is 4.74 Å². The van der Waals surface area contributed by atoms with Crippen molar-refractivity contribution in [1.29, 1.82) is 0 Å². The Kier molecular flexibility index (Phi) is 6.03. The molecule has 0 radical (unpaired) electrons. The predicted octanol–water partition coefficient (Wildman–Crippen LogP) is 3.72. The van der Waals surface area contributed by atoms with Crippen LogP contribution in [0.2, 0.25) is 0 Å². The van der Waals surface area contributed by atoms with Gasteiger partial charge < -0.3 is 15.0 Å². The number of pyridine rings is 1. The molecule has 0 spiro atoms. The molecule has 0 saturated carbocycles. The van der Waals surface area contributed by atoms with Gasteiger partial charge in [0.1, 0.15) is 0 Å². The fourth-order valence-electron chi connectivity index (χ4n) is 2.38. The summed E-state index contributed by atoms with van der Waals surface area (Å²) in [5.74, 6) is 0.627. The summed E-state index contributed by atoms with van der Waals surface area (Å²) >= 11 is 0. The van der Waals surface area contributed by atoms with Crippen molar-refractivity contribution in [3.05, 3.63) is 66.2 Å². The van der Waals surface area contributed by atoms with Crippen LogP contribution in [0.25, 0.3) is 5.70 Å². The number of allylic oxidation sites excluding steroid dienone is 4. The van der Waals surface area contributed by atoms with Gasteiger partial charge >= 0.3 is 0 Å². The topological polar surface area (TPSA) is 37.4 Å². The van der Waals surface area contributed by atoms with Gasteiger partial charge in [-0.05, 0) is 31.1 Å². The minimum Gasteiger partial charge on any atom is -0.481 e. The van der Waals surface area contributed by atoms with Gasteiger partial charge in [-0.25, -0.2) is 4.98 Å². The van der Waals surface area contributed by atoms with Crippen LogP contribution in [0.15, 0.2) is 60.6 Å². The van der Waals surface area contributed by atoms with E-state index in [9.17, 15) is 0 Å². The first-order chi connectivity index (χ1) is 11.2. The van der Waals surface area contributed by atoms with E-state index in [-0.39, 0.29) is 0 Å². The molecular formula is C19H25N3O. The van der Waals surface area contributed by atoms with Crippen molar-refractivity contribution >= 4 is 5.70 Å². The summed E-state index contributed by atoms with van der Waals surface area (Å²) in [5, 5.41) is 3.28. The van der Waals surface area contributed by atoms with Gasteiger partial charge in [0.05, 0.1) is 7.11 Å². The fraction of sp³-hybridized carbons (Fsp3) is 0.316. The molecule has 0 aliphatic carbocycles. The first-order valence-corrected chi connectivity index (χ1v) is 7.91. The third kappa shape index (κ3) is 4.49. The van der Waals surface area contributed by atoms with Gasteiger partial charge in [0, 0.05) is 48.5 Å². The highest BCUT2D eigenvalue weighted by atomic mass is 16.5. The molecule has 4 heteroatoms. The number of hydrogen-bond donors (Lipinski definition) is 1. The Hall–Kier alpha value is -2.49. The van der Waals surface area contributed by atoms with Crippen LogP contribution in [-0.4, -0.2) is 30.6 Å². The lowest BCUT2D eigenvalue weighted by molar-refractivity contribution is 0.397. The molecule has 23 heavy (non-hydrogen) atoms. The number of aromatic nitrogens is 1. The average molecular weight is 311 g/mol. The smallest absolute Gasteiger partial charge is 0.212 e. The SMILES string of the molecule is C=C(/C=C\C1=CCC=C(c2ccc(OC)nc2)N1C)NCCC. The van der Waals surface area contributed by atoms with Gasteiger partial charge in [0.2, 0.25) is 5.88 Å². The Labute approximate surface area is 138 Å². The van der Waals surface area contributed by atoms with Gasteiger partial charge in [0.15, 0.2) is 0 Å². The number of likely N-dealkylation sites (N-methyl/N-ethyl adjacent to an activating group) is 1. The molecular weight excluding hydrogens is 286 g/mol. The number of rotatable bonds is 7. The van der Waals surface area contributed by atoms with E-state index in [1.807, 2.05) is 24.4 Å². The molecule has 1 aliphatic heterocycles. The molecule has 1 aliphatic rings. The van der Waals surface area contributed by atoms with Crippen LogP contribution < -0.4 is 10.1 Å². The van der Waals surface area contributed by atoms with Crippen LogP contribution >= 0.6 is 0 Å². The minimum atomic E-state index is 0.627. The average Bonchev–Trinajstić information content (AvgIpc) is 2.59. The molecule has 0 bridgehead atoms. The summed E-state index contributed by atoms with van der Waals surface area (Å²) in [6.07, 6.45) is 12.3. The van der Waals surface area contributed by atoms with Crippen molar-refractivity contribution in [2.24, 2.45) is 0 Å². The Bertz CT molecular complexity index is 627. The van der Waals surface area contributed by atoms with Gasteiger partial charge in [0.25, 0.3) is 0 Å². The first-order valence-electron chi connectivity index (χ1n) is 7.91. The van der Waals surface area contributed by atoms with E-state index >= 15 is 0 Å². The number of nitrogens with zero attached hydrogens (tertiary/aromatic N) is 2. The van der Waals surface area contributed by atoms with Crippen molar-refractivity contribution in [3.63, 3.8) is 0 Å². The molecule has 0 unspecified atom stereocenters. The summed E-state index contributed by atoms with van der Waals surface area (Å²) in [6, 6.07) is 3.91. The van der Waals surface area contributed by atoms with Crippen molar-refractivity contribution in [1.82, 2.24) is 15.2 Å². The Morgan fingerprint density at radius 2 is 2.26 bits per heavy atom. The molecule has 4 nitrogen and oxygen atoms in total. The van der Waals surface area contributed by atoms with E-state index in [0.717, 1.165) is 42.0 Å². The van der Waals surface area contributed by atoms with E-state index in [4.69, 9.17) is 4.74 Å². The van der Waals surface area contributed by atoms with Crippen molar-refractivity contribution in [2.75, 3.05) is 20.7 Å². The van der Waals surface area contributed by atoms with Crippen LogP contribution in [0.4, 0.5) is 0 Å². The maximum atomic E-state index is 5.12. The van der Waals surface area contributed by atoms with Crippen molar-refractivity contribution in [2.45, 2.75) is 19.8 Å². The van der Waals surface area contributed by atoms with Crippen LogP contribution in [0.3, 0.4) is 0 Å². The van der Waals surface area contributed by atoms with Gasteiger partial charge in [-0.15, -0.1) is 0 Å². The normalized spacial score (nSPS) is 14.5. The van der Waals surface area contributed by atoms with Crippen LogP contribution in [-0.2, 0) is 0 Å². The molecule has 0 atom stereocenters. The third-order valence-electron chi connectivity index (χ3n) is 3.69. The molecule has 2 rings (SSSR count). The second-order valence-corrected chi connectivity index (χ2v) is 5.39. The van der Waals surface area contributed by atoms with E-state index < -0.39 is 0 Å². The maximum absolute atomic E-state index is 5.12. The number of nitrogens with one attached hydrogen (secondary N) is 1. The fourth-order valence-corrected chi connectivity index (χ4v) is 2.38. The standard InChI is InChI=1S/C19H25N3O/c1-5-13-20-15(2)9-11-17-7-6-8-18(22(17)3)16-10-12-19(23-4)21-14-16/h7-12,14,20H,2,5-6,13H2,1,3-4H3/b11-9-. The quantitative estimate of drug-likeness (QED) is 0.779. The van der Waals surface area contributed by atoms with Gasteiger partial charge in [-0.3, -0.25) is 0 Å². The van der Waals surface area contributed by atoms with Crippen LogP contribution in [0, 0.1) is 0 Å². The van der Waals surface area contributed by atoms with E-state index in [1.165, 1.54) is 0 Å². The highest BCUT2D eigenvalue weighted by Gasteiger charge is 2.14. The number of methoxy groups -OCH3 is 1. The zero-order valence-corrected chi connectivity index (χ0v) is 14.2. The summed E-state index contributed by atoms with van der Waals surface area (Å²) in [7, 11) is 3.69. The molecule has 0 fully saturated rings. The molecule has 2 heterocycles. The maximum Gasteiger partial charge on any atom is 0.212 e. The lowest BCUT2D eigenvalue weighted by Crippen LogP contribution is -2.18. The van der Waals surface area contributed by atoms with Crippen molar-refractivity contribution in [3.8, 4) is 5.88 Å². The summed E-state index contributed by atoms with van der Waals surface area (Å²) < 4.78 is 5.12. The molecule has 1 aromatic rings. The summed E-state index contributed by atoms with van der Waals surface area (Å²) in [5.41, 5.74) is 4.31.